The Hall–Kier alpha value is -2.34. The lowest BCUT2D eigenvalue weighted by Crippen LogP contribution is -1.96. The molecule has 124 valence electrons. The Bertz CT molecular complexity index is 888. The summed E-state index contributed by atoms with van der Waals surface area (Å²) >= 11 is 3.62. The number of aromatic nitrogens is 2. The van der Waals surface area contributed by atoms with E-state index >= 15 is 0 Å². The van der Waals surface area contributed by atoms with Crippen LogP contribution in [0.15, 0.2) is 33.4 Å². The van der Waals surface area contributed by atoms with Crippen molar-refractivity contribution in [2.24, 2.45) is 7.05 Å². The fourth-order valence-electron chi connectivity index (χ4n) is 2.92. The molecular formula is C18H17BrN2O3. The van der Waals surface area contributed by atoms with Crippen molar-refractivity contribution in [3.63, 3.8) is 0 Å². The lowest BCUT2D eigenvalue weighted by molar-refractivity contribution is 0.111. The fourth-order valence-corrected chi connectivity index (χ4v) is 3.54. The van der Waals surface area contributed by atoms with Crippen LogP contribution in [0.5, 0.6) is 5.75 Å². The van der Waals surface area contributed by atoms with Gasteiger partial charge in [0.25, 0.3) is 0 Å². The summed E-state index contributed by atoms with van der Waals surface area (Å²) in [4.78, 5) is 11.8. The Kier molecular flexibility index (Phi) is 4.32. The predicted octanol–water partition coefficient (Wildman–Crippen LogP) is 4.55. The molecule has 0 fully saturated rings. The van der Waals surface area contributed by atoms with Crippen LogP contribution in [-0.2, 0) is 7.05 Å². The highest BCUT2D eigenvalue weighted by Gasteiger charge is 2.26. The maximum atomic E-state index is 11.8. The molecule has 0 saturated carbocycles. The first-order valence-corrected chi connectivity index (χ1v) is 8.19. The zero-order valence-electron chi connectivity index (χ0n) is 13.9. The van der Waals surface area contributed by atoms with Gasteiger partial charge in [-0.25, -0.2) is 0 Å². The second-order valence-corrected chi connectivity index (χ2v) is 6.28. The summed E-state index contributed by atoms with van der Waals surface area (Å²) in [5.74, 6) is 1.46. The summed E-state index contributed by atoms with van der Waals surface area (Å²) in [6, 6.07) is 7.73. The van der Waals surface area contributed by atoms with Crippen molar-refractivity contribution in [1.29, 1.82) is 0 Å². The van der Waals surface area contributed by atoms with Crippen molar-refractivity contribution in [2.75, 3.05) is 7.11 Å². The quantitative estimate of drug-likeness (QED) is 0.615. The Balaban J connectivity index is 2.35. The van der Waals surface area contributed by atoms with Gasteiger partial charge < -0.3 is 13.8 Å². The molecule has 2 heterocycles. The van der Waals surface area contributed by atoms with Crippen LogP contribution in [0, 0.1) is 13.8 Å². The summed E-state index contributed by atoms with van der Waals surface area (Å²) in [6.07, 6.45) is 0.860. The Morgan fingerprint density at radius 2 is 1.83 bits per heavy atom. The van der Waals surface area contributed by atoms with Gasteiger partial charge in [0.05, 0.1) is 28.7 Å². The molecule has 0 spiro atoms. The average Bonchev–Trinajstić information content (AvgIpc) is 3.04. The molecule has 0 bridgehead atoms. The van der Waals surface area contributed by atoms with E-state index in [1.165, 1.54) is 0 Å². The average molecular weight is 389 g/mol. The van der Waals surface area contributed by atoms with Gasteiger partial charge >= 0.3 is 0 Å². The van der Waals surface area contributed by atoms with E-state index in [1.54, 1.807) is 7.11 Å². The highest BCUT2D eigenvalue weighted by Crippen LogP contribution is 2.44. The van der Waals surface area contributed by atoms with E-state index in [0.29, 0.717) is 11.5 Å². The Morgan fingerprint density at radius 3 is 2.33 bits per heavy atom. The van der Waals surface area contributed by atoms with E-state index in [0.717, 1.165) is 44.6 Å². The predicted molar refractivity (Wildman–Crippen MR) is 95.5 cm³/mol. The number of benzene rings is 1. The molecular weight excluding hydrogens is 372 g/mol. The maximum absolute atomic E-state index is 11.8. The molecule has 0 radical (unpaired) electrons. The molecule has 24 heavy (non-hydrogen) atoms. The van der Waals surface area contributed by atoms with E-state index < -0.39 is 0 Å². The van der Waals surface area contributed by atoms with Crippen LogP contribution in [-0.4, -0.2) is 23.1 Å². The second-order valence-electron chi connectivity index (χ2n) is 5.53. The lowest BCUT2D eigenvalue weighted by Gasteiger charge is -2.07. The van der Waals surface area contributed by atoms with Gasteiger partial charge in [-0.05, 0) is 47.5 Å². The van der Waals surface area contributed by atoms with Crippen molar-refractivity contribution in [3.8, 4) is 28.0 Å². The molecule has 0 amide bonds. The van der Waals surface area contributed by atoms with Crippen molar-refractivity contribution in [3.05, 3.63) is 46.0 Å². The van der Waals surface area contributed by atoms with Crippen LogP contribution in [0.2, 0.25) is 0 Å². The zero-order valence-corrected chi connectivity index (χ0v) is 15.5. The fraction of sp³-hybridized carbons (Fsp3) is 0.222. The highest BCUT2D eigenvalue weighted by molar-refractivity contribution is 9.10. The van der Waals surface area contributed by atoms with Crippen LogP contribution in [0.4, 0.5) is 0 Å². The lowest BCUT2D eigenvalue weighted by atomic mass is 9.96. The third-order valence-corrected chi connectivity index (χ3v) is 5.07. The van der Waals surface area contributed by atoms with Gasteiger partial charge in [0.1, 0.15) is 11.5 Å². The zero-order chi connectivity index (χ0) is 17.4. The number of hydrogen-bond acceptors (Lipinski definition) is 4. The number of carbonyl (C=O) groups excluding carboxylic acids is 1. The van der Waals surface area contributed by atoms with Crippen LogP contribution in [0.1, 0.15) is 21.9 Å². The van der Waals surface area contributed by atoms with Gasteiger partial charge in [0, 0.05) is 18.2 Å². The summed E-state index contributed by atoms with van der Waals surface area (Å²) in [6.45, 7) is 3.72. The van der Waals surface area contributed by atoms with Gasteiger partial charge in [-0.3, -0.25) is 4.79 Å². The molecule has 3 aromatic rings. The molecule has 0 atom stereocenters. The molecule has 2 aromatic heterocycles. The molecule has 6 heteroatoms. The molecule has 0 N–H and O–H groups in total. The SMILES string of the molecule is COc1ccc(-c2c(-c3c(C)noc3C)c(C=O)n(C)c2Br)cc1. The van der Waals surface area contributed by atoms with Crippen molar-refractivity contribution in [1.82, 2.24) is 9.72 Å². The largest absolute Gasteiger partial charge is 0.497 e. The molecule has 1 aromatic carbocycles. The number of rotatable bonds is 4. The normalized spacial score (nSPS) is 10.9. The van der Waals surface area contributed by atoms with Crippen molar-refractivity contribution < 1.29 is 14.1 Å². The Morgan fingerprint density at radius 1 is 1.17 bits per heavy atom. The number of halogens is 1. The molecule has 0 saturated heterocycles. The summed E-state index contributed by atoms with van der Waals surface area (Å²) in [5, 5.41) is 4.03. The number of hydrogen-bond donors (Lipinski definition) is 0. The van der Waals surface area contributed by atoms with Gasteiger partial charge in [-0.15, -0.1) is 0 Å². The van der Waals surface area contributed by atoms with E-state index in [4.69, 9.17) is 9.26 Å². The number of methoxy groups -OCH3 is 1. The Labute approximate surface area is 148 Å². The van der Waals surface area contributed by atoms with Crippen molar-refractivity contribution in [2.45, 2.75) is 13.8 Å². The smallest absolute Gasteiger partial charge is 0.167 e. The minimum absolute atomic E-state index is 0.571. The summed E-state index contributed by atoms with van der Waals surface area (Å²) in [7, 11) is 3.48. The molecule has 0 aliphatic carbocycles. The van der Waals surface area contributed by atoms with E-state index in [9.17, 15) is 4.79 Å². The molecule has 0 aliphatic heterocycles. The topological polar surface area (TPSA) is 57.3 Å². The van der Waals surface area contributed by atoms with Gasteiger partial charge in [0.15, 0.2) is 6.29 Å². The maximum Gasteiger partial charge on any atom is 0.167 e. The van der Waals surface area contributed by atoms with E-state index in [-0.39, 0.29) is 0 Å². The minimum atomic E-state index is 0.571. The van der Waals surface area contributed by atoms with Crippen LogP contribution >= 0.6 is 15.9 Å². The third kappa shape index (κ3) is 2.47. The monoisotopic (exact) mass is 388 g/mol. The minimum Gasteiger partial charge on any atom is -0.497 e. The number of carbonyl (C=O) groups is 1. The standard InChI is InChI=1S/C18H17BrN2O3/c1-10-15(11(2)24-20-10)17-14(9-22)21(3)18(19)16(17)12-5-7-13(23-4)8-6-12/h5-9H,1-4H3. The molecule has 0 unspecified atom stereocenters. The summed E-state index contributed by atoms with van der Waals surface area (Å²) in [5.41, 5.74) is 4.90. The van der Waals surface area contributed by atoms with E-state index in [1.807, 2.05) is 49.7 Å². The van der Waals surface area contributed by atoms with Crippen LogP contribution in [0.3, 0.4) is 0 Å². The molecule has 0 aliphatic rings. The first kappa shape index (κ1) is 16.5. The van der Waals surface area contributed by atoms with Crippen molar-refractivity contribution >= 4 is 22.2 Å². The number of ether oxygens (including phenoxy) is 1. The molecule has 5 nitrogen and oxygen atoms in total. The van der Waals surface area contributed by atoms with Gasteiger partial charge in [-0.2, -0.15) is 0 Å². The van der Waals surface area contributed by atoms with E-state index in [2.05, 4.69) is 21.1 Å². The number of nitrogens with zero attached hydrogens (tertiary/aromatic N) is 2. The van der Waals surface area contributed by atoms with Gasteiger partial charge in [-0.1, -0.05) is 17.3 Å². The molecule has 3 rings (SSSR count). The van der Waals surface area contributed by atoms with Crippen LogP contribution in [0.25, 0.3) is 22.3 Å². The van der Waals surface area contributed by atoms with Gasteiger partial charge in [0.2, 0.25) is 0 Å². The first-order valence-electron chi connectivity index (χ1n) is 7.40. The first-order chi connectivity index (χ1) is 11.5. The second kappa shape index (κ2) is 6.28. The summed E-state index contributed by atoms with van der Waals surface area (Å²) < 4.78 is 13.2. The number of aryl methyl sites for hydroxylation is 2. The van der Waals surface area contributed by atoms with Crippen LogP contribution < -0.4 is 4.74 Å². The third-order valence-electron chi connectivity index (χ3n) is 4.14. The number of aldehydes is 1. The highest BCUT2D eigenvalue weighted by atomic mass is 79.9.